The number of unbranched alkanes of at least 4 members (excludes halogenated alkanes) is 52. The average molecular weight is 1440 g/mol. The number of aryl methyl sites for hydroxylation is 4. The molecule has 3 heteroatoms. The molecular formula is C98H178N2Ni. The van der Waals surface area contributed by atoms with Crippen LogP contribution in [-0.2, 0) is 53.0 Å². The van der Waals surface area contributed by atoms with Gasteiger partial charge in [-0.3, -0.25) is 0 Å². The Labute approximate surface area is 641 Å². The first-order valence-corrected chi connectivity index (χ1v) is 48.0. The van der Waals surface area contributed by atoms with Gasteiger partial charge in [0, 0.05) is 22.3 Å². The normalized spacial score (nSPS) is 12.6. The van der Waals surface area contributed by atoms with Gasteiger partial charge < -0.3 is 5.53 Å². The molecule has 0 fully saturated rings. The zero-order chi connectivity index (χ0) is 73.0. The minimum atomic E-state index is 1.02. The van der Waals surface area contributed by atoms with Gasteiger partial charge in [-0.05, 0) is 141 Å². The number of benzene rings is 2. The summed E-state index contributed by atoms with van der Waals surface area (Å²) >= 11 is 2.05. The molecule has 2 aromatic rings. The van der Waals surface area contributed by atoms with Gasteiger partial charge in [-0.25, -0.2) is 4.70 Å². The van der Waals surface area contributed by atoms with Crippen molar-refractivity contribution in [1.82, 2.24) is 0 Å². The number of allylic oxidation sites excluding steroid dienone is 2. The van der Waals surface area contributed by atoms with Crippen molar-refractivity contribution in [3.8, 4) is 0 Å². The zero-order valence-corrected chi connectivity index (χ0v) is 71.4. The second-order valence-corrected chi connectivity index (χ2v) is 33.9. The molecule has 0 N–H and O–H groups in total. The summed E-state index contributed by atoms with van der Waals surface area (Å²) in [4.78, 5) is 0. The molecule has 590 valence electrons. The van der Waals surface area contributed by atoms with Gasteiger partial charge in [-0.1, -0.05) is 294 Å². The van der Waals surface area contributed by atoms with Crippen LogP contribution in [0.1, 0.15) is 525 Å². The number of hydrogen-bond acceptors (Lipinski definition) is 0. The van der Waals surface area contributed by atoms with Crippen molar-refractivity contribution in [3.63, 3.8) is 0 Å². The van der Waals surface area contributed by atoms with Gasteiger partial charge in [0.05, 0.1) is 0 Å². The quantitative estimate of drug-likeness (QED) is 0.0358. The first-order valence-electron chi connectivity index (χ1n) is 46.6. The molecule has 0 unspecified atom stereocenters. The molecular weight excluding hydrogens is 1260 g/mol. The fourth-order valence-corrected chi connectivity index (χ4v) is 17.6. The van der Waals surface area contributed by atoms with Crippen LogP contribution in [0.5, 0.6) is 0 Å². The van der Waals surface area contributed by atoms with Gasteiger partial charge in [0.15, 0.2) is 0 Å². The third-order valence-corrected chi connectivity index (χ3v) is 24.1. The predicted molar refractivity (Wildman–Crippen MR) is 454 cm³/mol. The molecule has 1 heterocycles. The number of rotatable bonds is 74. The summed E-state index contributed by atoms with van der Waals surface area (Å²) in [7, 11) is 0. The molecule has 0 spiro atoms. The fraction of sp³-hybridized carbons (Fsp3) is 0.837. The average Bonchev–Trinajstić information content (AvgIpc) is 1.61. The maximum atomic E-state index is 12.7. The third-order valence-electron chi connectivity index (χ3n) is 22.7. The molecule has 3 rings (SSSR count). The molecule has 0 saturated heterocycles. The Bertz CT molecular complexity index is 2140. The minimum absolute atomic E-state index is 1.02. The summed E-state index contributed by atoms with van der Waals surface area (Å²) in [6.45, 7) is 23.1. The Morgan fingerprint density at radius 2 is 0.416 bits per heavy atom. The van der Waals surface area contributed by atoms with Crippen molar-refractivity contribution >= 4 is 11.4 Å². The topological polar surface area (TPSA) is 25.3 Å². The molecule has 0 amide bonds. The molecule has 0 aliphatic carbocycles. The molecule has 0 saturated carbocycles. The molecule has 2 nitrogen and oxygen atoms in total. The van der Waals surface area contributed by atoms with Gasteiger partial charge in [0.1, 0.15) is 0 Å². The van der Waals surface area contributed by atoms with E-state index in [-0.39, 0.29) is 0 Å². The van der Waals surface area contributed by atoms with E-state index in [4.69, 9.17) is 0 Å². The van der Waals surface area contributed by atoms with Crippen molar-refractivity contribution < 1.29 is 19.1 Å². The smallest absolute Gasteiger partial charge is 0.493 e. The van der Waals surface area contributed by atoms with Crippen molar-refractivity contribution in [2.45, 2.75) is 529 Å². The zero-order valence-electron chi connectivity index (χ0n) is 70.4. The van der Waals surface area contributed by atoms with E-state index in [2.05, 4.69) is 108 Å². The Morgan fingerprint density at radius 1 is 0.208 bits per heavy atom. The summed E-state index contributed by atoms with van der Waals surface area (Å²) in [6.07, 6.45) is 96.5. The monoisotopic (exact) mass is 1440 g/mol. The molecule has 0 atom stereocenters. The van der Waals surface area contributed by atoms with Crippen molar-refractivity contribution in [2.24, 2.45) is 0 Å². The van der Waals surface area contributed by atoms with Crippen LogP contribution >= 0.6 is 0 Å². The van der Waals surface area contributed by atoms with E-state index in [1.165, 1.54) is 410 Å². The molecule has 1 aliphatic heterocycles. The van der Waals surface area contributed by atoms with Crippen LogP contribution in [0.4, 0.5) is 0 Å². The summed E-state index contributed by atoms with van der Waals surface area (Å²) < 4.78 is 1.69. The Hall–Kier alpha value is -1.99. The SMILES string of the molecule is CCCCCCCCCCCCCCCCCCCCCCCC[CH2][Ni][CH2]CCCCCCCCCCCCCCCCCCCCCCCC.CCCCCc1cc(C2=C(CCCC)C(CCCC)=C(c3cc(CCC)c(CCC)c(CCC)c3)[N+]2=[N-])cc(CCCCC)c1CCCCC. The molecule has 101 heavy (non-hydrogen) atoms. The van der Waals surface area contributed by atoms with Crippen LogP contribution < -0.4 is 0 Å². The van der Waals surface area contributed by atoms with E-state index in [0.29, 0.717) is 0 Å². The summed E-state index contributed by atoms with van der Waals surface area (Å²) in [6, 6.07) is 10.0. The summed E-state index contributed by atoms with van der Waals surface area (Å²) in [5.41, 5.74) is 29.4. The van der Waals surface area contributed by atoms with Gasteiger partial charge in [0.2, 0.25) is 11.4 Å². The van der Waals surface area contributed by atoms with Gasteiger partial charge in [-0.15, -0.1) is 0 Å². The first kappa shape index (κ1) is 95.1. The van der Waals surface area contributed by atoms with Crippen molar-refractivity contribution in [2.75, 3.05) is 0 Å². The molecule has 1 aliphatic rings. The Kier molecular flexibility index (Phi) is 66.8. The van der Waals surface area contributed by atoms with Gasteiger partial charge in [-0.2, -0.15) is 0 Å². The van der Waals surface area contributed by atoms with E-state index in [0.717, 1.165) is 94.9 Å². The van der Waals surface area contributed by atoms with Crippen molar-refractivity contribution in [1.29, 1.82) is 0 Å². The Balaban J connectivity index is 0.000000687. The second-order valence-electron chi connectivity index (χ2n) is 32.4. The predicted octanol–water partition coefficient (Wildman–Crippen LogP) is 35.2. The molecule has 2 aromatic carbocycles. The summed E-state index contributed by atoms with van der Waals surface area (Å²) in [5.74, 6) is 0. The molecule has 0 radical (unpaired) electrons. The van der Waals surface area contributed by atoms with Gasteiger partial charge in [0.25, 0.3) is 0 Å². The number of hydrogen-bond donors (Lipinski definition) is 0. The van der Waals surface area contributed by atoms with E-state index >= 15 is 0 Å². The van der Waals surface area contributed by atoms with Crippen LogP contribution in [0.3, 0.4) is 0 Å². The second kappa shape index (κ2) is 71.0. The molecule has 0 bridgehead atoms. The number of nitrogens with zero attached hydrogens (tertiary/aromatic N) is 2. The standard InChI is InChI=1S/C48H76N2.2C25H51.Ni/c1-9-17-22-28-39-35-42(36-40(29-23-18-10-2)44(39)32-24-19-11-3)48-46(31-21-13-5)45(30-20-12-4)47(50(48)49)41-33-37(25-14-6)43(27-16-8)38(34-41)26-15-7;2*1-3-5-7-9-11-13-15-17-19-21-23-25-24-22-20-18-16-14-12-10-8-6-4-2;/h33-36H,9-32H2,1-8H3;2*1,3-25H2,2H3;. The van der Waals surface area contributed by atoms with Crippen LogP contribution in [0.15, 0.2) is 35.4 Å². The first-order chi connectivity index (χ1) is 49.8. The van der Waals surface area contributed by atoms with Crippen LogP contribution in [-0.4, -0.2) is 4.70 Å². The van der Waals surface area contributed by atoms with Crippen LogP contribution in [0.2, 0.25) is 10.8 Å². The molecule has 0 aromatic heterocycles. The third kappa shape index (κ3) is 47.4. The maximum absolute atomic E-state index is 12.7. The van der Waals surface area contributed by atoms with E-state index in [1.807, 2.05) is 0 Å². The minimum Gasteiger partial charge on any atom is -0.493 e. The van der Waals surface area contributed by atoms with E-state index < -0.39 is 0 Å². The van der Waals surface area contributed by atoms with E-state index in [1.54, 1.807) is 27.0 Å². The fourth-order valence-electron chi connectivity index (χ4n) is 16.3. The van der Waals surface area contributed by atoms with Crippen LogP contribution in [0, 0.1) is 0 Å². The Morgan fingerprint density at radius 3 is 0.663 bits per heavy atom. The van der Waals surface area contributed by atoms with E-state index in [9.17, 15) is 5.53 Å². The van der Waals surface area contributed by atoms with Crippen LogP contribution in [0.25, 0.3) is 16.9 Å². The summed E-state index contributed by atoms with van der Waals surface area (Å²) in [5, 5.41) is 2.87. The van der Waals surface area contributed by atoms with Crippen molar-refractivity contribution in [3.05, 3.63) is 85.5 Å². The van der Waals surface area contributed by atoms with Gasteiger partial charge >= 0.3 is 166 Å².